The van der Waals surface area contributed by atoms with Gasteiger partial charge in [0.05, 0.1) is 30.5 Å². The van der Waals surface area contributed by atoms with Gasteiger partial charge in [-0.15, -0.1) is 0 Å². The van der Waals surface area contributed by atoms with E-state index < -0.39 is 0 Å². The van der Waals surface area contributed by atoms with Crippen molar-refractivity contribution in [1.82, 2.24) is 19.9 Å². The Hall–Kier alpha value is -3.36. The molecule has 2 aliphatic rings. The van der Waals surface area contributed by atoms with Crippen molar-refractivity contribution >= 4 is 57.6 Å². The Morgan fingerprint density at radius 3 is 2.69 bits per heavy atom. The first kappa shape index (κ1) is 23.4. The van der Waals surface area contributed by atoms with Crippen LogP contribution in [0.5, 0.6) is 5.75 Å². The number of pyridine rings is 1. The molecule has 35 heavy (non-hydrogen) atoms. The average Bonchev–Trinajstić information content (AvgIpc) is 3.26. The lowest BCUT2D eigenvalue weighted by molar-refractivity contribution is -0.113. The maximum absolute atomic E-state index is 13.8. The van der Waals surface area contributed by atoms with Gasteiger partial charge in [0.25, 0.3) is 5.91 Å². The van der Waals surface area contributed by atoms with Gasteiger partial charge in [0.1, 0.15) is 10.9 Å². The maximum Gasteiger partial charge on any atom is 0.260 e. The van der Waals surface area contributed by atoms with Gasteiger partial charge in [-0.05, 0) is 45.3 Å². The highest BCUT2D eigenvalue weighted by Crippen LogP contribution is 2.43. The summed E-state index contributed by atoms with van der Waals surface area (Å²) in [5.41, 5.74) is 13.0. The number of hydrogen-bond donors (Lipinski definition) is 2. The van der Waals surface area contributed by atoms with E-state index in [0.717, 1.165) is 52.2 Å². The number of H-pyrrole nitrogens is 1. The topological polar surface area (TPSA) is 110 Å². The molecule has 0 saturated heterocycles. The Morgan fingerprint density at radius 1 is 1.20 bits per heavy atom. The molecule has 0 bridgehead atoms. The maximum atomic E-state index is 13.8. The quantitative estimate of drug-likeness (QED) is 0.378. The van der Waals surface area contributed by atoms with Gasteiger partial charge in [-0.3, -0.25) is 14.7 Å². The first-order chi connectivity index (χ1) is 16.7. The Kier molecular flexibility index (Phi) is 5.81. The van der Waals surface area contributed by atoms with E-state index >= 15 is 0 Å². The molecule has 5 rings (SSSR count). The molecule has 3 aromatic heterocycles. The van der Waals surface area contributed by atoms with Crippen molar-refractivity contribution in [1.29, 1.82) is 0 Å². The van der Waals surface area contributed by atoms with Crippen LogP contribution in [0, 0.1) is 20.8 Å². The minimum atomic E-state index is -0.267. The fraction of sp³-hybridized carbons (Fsp3) is 0.280. The minimum absolute atomic E-state index is 0.0117. The smallest absolute Gasteiger partial charge is 0.260 e. The lowest BCUT2D eigenvalue weighted by atomic mass is 10.0. The van der Waals surface area contributed by atoms with Crippen molar-refractivity contribution in [3.8, 4) is 5.75 Å². The zero-order chi connectivity index (χ0) is 25.0. The number of aryl methyl sites for hydroxylation is 2. The van der Waals surface area contributed by atoms with Crippen LogP contribution >= 0.6 is 23.2 Å². The van der Waals surface area contributed by atoms with Gasteiger partial charge in [-0.25, -0.2) is 4.98 Å². The van der Waals surface area contributed by atoms with E-state index in [1.165, 1.54) is 4.90 Å². The summed E-state index contributed by atoms with van der Waals surface area (Å²) in [4.78, 5) is 31.7. The van der Waals surface area contributed by atoms with E-state index in [1.807, 2.05) is 26.8 Å². The number of ether oxygens (including phenoxy) is 1. The monoisotopic (exact) mass is 510 g/mol. The van der Waals surface area contributed by atoms with Crippen LogP contribution in [0.1, 0.15) is 51.3 Å². The molecule has 0 aromatic carbocycles. The van der Waals surface area contributed by atoms with Crippen LogP contribution in [0.4, 0.5) is 11.8 Å². The van der Waals surface area contributed by atoms with Crippen molar-refractivity contribution in [3.05, 3.63) is 62.3 Å². The number of anilines is 2. The number of nitrogens with one attached hydrogen (secondary N) is 1. The normalized spacial score (nSPS) is 15.9. The molecule has 0 saturated carbocycles. The molecule has 3 N–H and O–H groups in total. The largest absolute Gasteiger partial charge is 0.496 e. The summed E-state index contributed by atoms with van der Waals surface area (Å²) in [6.45, 7) is 5.99. The number of methoxy groups -OCH3 is 1. The minimum Gasteiger partial charge on any atom is -0.496 e. The van der Waals surface area contributed by atoms with Gasteiger partial charge in [0.2, 0.25) is 5.95 Å². The van der Waals surface area contributed by atoms with E-state index in [1.54, 1.807) is 19.4 Å². The molecule has 0 unspecified atom stereocenters. The lowest BCUT2D eigenvalue weighted by Gasteiger charge is -2.19. The number of hydrogen-bond acceptors (Lipinski definition) is 6. The number of allylic oxidation sites excluding steroid dienone is 1. The van der Waals surface area contributed by atoms with E-state index in [2.05, 4.69) is 19.9 Å². The second-order valence-corrected chi connectivity index (χ2v) is 9.44. The molecule has 1 aliphatic carbocycles. The Labute approximate surface area is 212 Å². The molecule has 1 aliphatic heterocycles. The standard InChI is InChI=1S/C25H24Cl2N6O2/c1-11-9-29-18(13(3)21(11)35-4)10-33-23-20(22(27)31-25(28)32-23)14(24(33)34)8-17-12(2)19-15(26)6-5-7-16(19)30-17/h6,8-9,30H,5,7,10H2,1-4H3,(H2,28,31,32)/b14-8-. The molecular formula is C25H24Cl2N6O2. The number of halogens is 2. The van der Waals surface area contributed by atoms with Crippen molar-refractivity contribution in [2.75, 3.05) is 17.7 Å². The number of fused-ring (bicyclic) bond motifs is 2. The van der Waals surface area contributed by atoms with Crippen molar-refractivity contribution in [2.24, 2.45) is 0 Å². The van der Waals surface area contributed by atoms with E-state index in [9.17, 15) is 4.79 Å². The highest BCUT2D eigenvalue weighted by molar-refractivity contribution is 6.49. The molecule has 8 nitrogen and oxygen atoms in total. The summed E-state index contributed by atoms with van der Waals surface area (Å²) in [6, 6.07) is 0. The first-order valence-electron chi connectivity index (χ1n) is 11.1. The molecule has 0 radical (unpaired) electrons. The molecule has 10 heteroatoms. The highest BCUT2D eigenvalue weighted by atomic mass is 35.5. The van der Waals surface area contributed by atoms with Gasteiger partial charge in [0.15, 0.2) is 5.82 Å². The molecule has 4 heterocycles. The summed E-state index contributed by atoms with van der Waals surface area (Å²) in [7, 11) is 1.61. The number of carbonyl (C=O) groups is 1. The second kappa shape index (κ2) is 8.70. The lowest BCUT2D eigenvalue weighted by Crippen LogP contribution is -2.27. The van der Waals surface area contributed by atoms with Crippen LogP contribution in [0.2, 0.25) is 5.15 Å². The SMILES string of the molecule is COc1c(C)cnc(CN2C(=O)/C(=C\c3[nH]c4c(c3C)C(Cl)=CCC4)c3c(Cl)nc(N)nc32)c1C. The first-order valence-corrected chi connectivity index (χ1v) is 11.9. The molecule has 0 atom stereocenters. The average molecular weight is 511 g/mol. The zero-order valence-electron chi connectivity index (χ0n) is 19.8. The number of amides is 1. The molecular weight excluding hydrogens is 487 g/mol. The van der Waals surface area contributed by atoms with Gasteiger partial charge < -0.3 is 15.5 Å². The fourth-order valence-corrected chi connectivity index (χ4v) is 5.44. The molecule has 180 valence electrons. The number of nitrogens with two attached hydrogens (primary N) is 1. The van der Waals surface area contributed by atoms with Crippen LogP contribution in [0.3, 0.4) is 0 Å². The molecule has 0 spiro atoms. The Balaban J connectivity index is 1.63. The second-order valence-electron chi connectivity index (χ2n) is 8.67. The van der Waals surface area contributed by atoms with Crippen molar-refractivity contribution in [3.63, 3.8) is 0 Å². The summed E-state index contributed by atoms with van der Waals surface area (Å²) in [5.74, 6) is 0.806. The van der Waals surface area contributed by atoms with Crippen LogP contribution in [-0.4, -0.2) is 33.0 Å². The van der Waals surface area contributed by atoms with E-state index in [0.29, 0.717) is 27.7 Å². The number of aromatic amines is 1. The summed E-state index contributed by atoms with van der Waals surface area (Å²) in [5, 5.41) is 0.834. The molecule has 0 fully saturated rings. The Morgan fingerprint density at radius 2 is 1.97 bits per heavy atom. The number of aromatic nitrogens is 4. The highest BCUT2D eigenvalue weighted by Gasteiger charge is 2.38. The predicted molar refractivity (Wildman–Crippen MR) is 138 cm³/mol. The van der Waals surface area contributed by atoms with Crippen LogP contribution < -0.4 is 15.4 Å². The van der Waals surface area contributed by atoms with Gasteiger partial charge >= 0.3 is 0 Å². The van der Waals surface area contributed by atoms with Crippen LogP contribution in [0.25, 0.3) is 16.7 Å². The number of rotatable bonds is 4. The third kappa shape index (κ3) is 3.77. The van der Waals surface area contributed by atoms with Crippen molar-refractivity contribution in [2.45, 2.75) is 40.2 Å². The number of carbonyl (C=O) groups excluding carboxylic acids is 1. The van der Waals surface area contributed by atoms with Crippen LogP contribution in [0.15, 0.2) is 12.3 Å². The van der Waals surface area contributed by atoms with Crippen LogP contribution in [-0.2, 0) is 17.8 Å². The number of nitrogens with zero attached hydrogens (tertiary/aromatic N) is 4. The summed E-state index contributed by atoms with van der Waals surface area (Å²) >= 11 is 13.0. The van der Waals surface area contributed by atoms with E-state index in [4.69, 9.17) is 33.7 Å². The predicted octanol–water partition coefficient (Wildman–Crippen LogP) is 4.98. The number of nitrogen functional groups attached to an aromatic ring is 1. The van der Waals surface area contributed by atoms with Gasteiger partial charge in [-0.2, -0.15) is 4.98 Å². The zero-order valence-corrected chi connectivity index (χ0v) is 21.3. The third-order valence-corrected chi connectivity index (χ3v) is 7.15. The third-order valence-electron chi connectivity index (χ3n) is 6.53. The Bertz CT molecular complexity index is 1460. The molecule has 1 amide bonds. The molecule has 3 aromatic rings. The summed E-state index contributed by atoms with van der Waals surface area (Å²) < 4.78 is 5.54. The fourth-order valence-electron chi connectivity index (χ4n) is 4.80. The summed E-state index contributed by atoms with van der Waals surface area (Å²) in [6.07, 6.45) is 7.25. The van der Waals surface area contributed by atoms with Gasteiger partial charge in [-0.1, -0.05) is 29.3 Å². The van der Waals surface area contributed by atoms with Crippen molar-refractivity contribution < 1.29 is 9.53 Å². The van der Waals surface area contributed by atoms with Gasteiger partial charge in [0, 0.05) is 39.3 Å². The van der Waals surface area contributed by atoms with E-state index in [-0.39, 0.29) is 23.6 Å².